The molecule has 4 nitrogen and oxygen atoms in total. The first-order valence-corrected chi connectivity index (χ1v) is 8.22. The summed E-state index contributed by atoms with van der Waals surface area (Å²) >= 11 is 0. The minimum atomic E-state index is -3.39. The highest BCUT2D eigenvalue weighted by Gasteiger charge is 2.39. The first-order valence-electron chi connectivity index (χ1n) is 6.72. The van der Waals surface area contributed by atoms with Gasteiger partial charge in [0.05, 0.1) is 18.4 Å². The van der Waals surface area contributed by atoms with Crippen LogP contribution in [-0.4, -0.2) is 24.3 Å². The van der Waals surface area contributed by atoms with Crippen LogP contribution in [0.5, 0.6) is 0 Å². The van der Waals surface area contributed by atoms with E-state index in [0.717, 1.165) is 11.8 Å². The Labute approximate surface area is 123 Å². The number of hydrogen-bond acceptors (Lipinski definition) is 3. The summed E-state index contributed by atoms with van der Waals surface area (Å²) in [5.74, 6) is -0.426. The summed E-state index contributed by atoms with van der Waals surface area (Å²) in [5, 5.41) is -0.501. The number of pyridine rings is 1. The maximum Gasteiger partial charge on any atom is 0.221 e. The largest absolute Gasteiger partial charge is 0.257 e. The van der Waals surface area contributed by atoms with E-state index in [1.54, 1.807) is 0 Å². The molecule has 1 aliphatic heterocycles. The molecule has 3 rings (SSSR count). The molecule has 2 heterocycles. The first-order chi connectivity index (χ1) is 10.1. The van der Waals surface area contributed by atoms with Gasteiger partial charge in [0, 0.05) is 6.54 Å². The molecule has 1 aromatic heterocycles. The number of nitrogens with zero attached hydrogens (tertiary/aromatic N) is 2. The van der Waals surface area contributed by atoms with E-state index in [1.165, 1.54) is 16.4 Å². The van der Waals surface area contributed by atoms with Crippen molar-refractivity contribution in [3.63, 3.8) is 0 Å². The van der Waals surface area contributed by atoms with Gasteiger partial charge in [0.25, 0.3) is 0 Å². The summed E-state index contributed by atoms with van der Waals surface area (Å²) in [6.07, 6.45) is 1.67. The lowest BCUT2D eigenvalue weighted by atomic mass is 10.1. The Kier molecular flexibility index (Phi) is 3.73. The van der Waals surface area contributed by atoms with Crippen LogP contribution in [0, 0.1) is 5.82 Å². The molecule has 0 bridgehead atoms. The standard InChI is InChI=1S/C15H15FN2O2S/c16-13-6-7-14(17-10-13)11-18-9-8-15(21(18,19)20)12-4-2-1-3-5-12/h1-7,10,15H,8-9,11H2. The minimum Gasteiger partial charge on any atom is -0.257 e. The van der Waals surface area contributed by atoms with Crippen LogP contribution in [0.25, 0.3) is 0 Å². The van der Waals surface area contributed by atoms with Crippen LogP contribution in [0.1, 0.15) is 22.9 Å². The SMILES string of the molecule is O=S1(=O)C(c2ccccc2)CCN1Cc1ccc(F)cn1. The molecule has 2 aromatic rings. The lowest BCUT2D eigenvalue weighted by Gasteiger charge is -2.16. The summed E-state index contributed by atoms with van der Waals surface area (Å²) in [6, 6.07) is 12.0. The number of benzene rings is 1. The highest BCUT2D eigenvalue weighted by molar-refractivity contribution is 7.89. The van der Waals surface area contributed by atoms with E-state index in [2.05, 4.69) is 4.98 Å². The van der Waals surface area contributed by atoms with Crippen LogP contribution in [0.3, 0.4) is 0 Å². The van der Waals surface area contributed by atoms with Crippen LogP contribution in [0.4, 0.5) is 4.39 Å². The molecule has 1 fully saturated rings. The molecule has 0 N–H and O–H groups in total. The van der Waals surface area contributed by atoms with Gasteiger partial charge in [-0.2, -0.15) is 4.31 Å². The van der Waals surface area contributed by atoms with E-state index in [9.17, 15) is 12.8 Å². The highest BCUT2D eigenvalue weighted by atomic mass is 32.2. The molecule has 0 saturated carbocycles. The van der Waals surface area contributed by atoms with Crippen molar-refractivity contribution in [3.05, 3.63) is 65.7 Å². The van der Waals surface area contributed by atoms with Crippen LogP contribution in [-0.2, 0) is 16.6 Å². The summed E-state index contributed by atoms with van der Waals surface area (Å²) in [6.45, 7) is 0.646. The molecule has 0 aliphatic carbocycles. The van der Waals surface area contributed by atoms with Gasteiger partial charge in [-0.3, -0.25) is 4.98 Å². The molecule has 1 aliphatic rings. The fourth-order valence-electron chi connectivity index (χ4n) is 2.57. The molecule has 110 valence electrons. The quantitative estimate of drug-likeness (QED) is 0.875. The third-order valence-electron chi connectivity index (χ3n) is 3.66. The highest BCUT2D eigenvalue weighted by Crippen LogP contribution is 2.35. The Bertz CT molecular complexity index is 717. The fourth-order valence-corrected chi connectivity index (χ4v) is 4.51. The summed E-state index contributed by atoms with van der Waals surface area (Å²) in [7, 11) is -3.39. The number of rotatable bonds is 3. The van der Waals surface area contributed by atoms with Gasteiger partial charge in [0.15, 0.2) is 0 Å². The van der Waals surface area contributed by atoms with Gasteiger partial charge >= 0.3 is 0 Å². The van der Waals surface area contributed by atoms with Crippen molar-refractivity contribution in [1.82, 2.24) is 9.29 Å². The van der Waals surface area contributed by atoms with E-state index in [4.69, 9.17) is 0 Å². The second kappa shape index (κ2) is 5.54. The zero-order valence-corrected chi connectivity index (χ0v) is 12.1. The Hall–Kier alpha value is -1.79. The molecule has 21 heavy (non-hydrogen) atoms. The van der Waals surface area contributed by atoms with Crippen molar-refractivity contribution in [1.29, 1.82) is 0 Å². The maximum absolute atomic E-state index is 12.8. The van der Waals surface area contributed by atoms with Crippen molar-refractivity contribution in [2.75, 3.05) is 6.54 Å². The number of halogens is 1. The summed E-state index contributed by atoms with van der Waals surface area (Å²) in [4.78, 5) is 3.92. The number of hydrogen-bond donors (Lipinski definition) is 0. The monoisotopic (exact) mass is 306 g/mol. The Balaban J connectivity index is 1.81. The van der Waals surface area contributed by atoms with Gasteiger partial charge in [-0.05, 0) is 24.1 Å². The predicted octanol–water partition coefficient (Wildman–Crippen LogP) is 2.50. The molecular weight excluding hydrogens is 291 g/mol. The smallest absolute Gasteiger partial charge is 0.221 e. The number of aromatic nitrogens is 1. The van der Waals surface area contributed by atoms with E-state index >= 15 is 0 Å². The van der Waals surface area contributed by atoms with Crippen molar-refractivity contribution in [3.8, 4) is 0 Å². The molecule has 1 atom stereocenters. The normalized spacial score (nSPS) is 21.5. The molecule has 6 heteroatoms. The molecule has 0 spiro atoms. The van der Waals surface area contributed by atoms with Crippen molar-refractivity contribution in [2.24, 2.45) is 0 Å². The molecule has 0 radical (unpaired) electrons. The van der Waals surface area contributed by atoms with Gasteiger partial charge in [0.2, 0.25) is 10.0 Å². The average molecular weight is 306 g/mol. The van der Waals surface area contributed by atoms with Crippen molar-refractivity contribution >= 4 is 10.0 Å². The van der Waals surface area contributed by atoms with Gasteiger partial charge in [-0.25, -0.2) is 12.8 Å². The van der Waals surface area contributed by atoms with Crippen LogP contribution >= 0.6 is 0 Å². The lowest BCUT2D eigenvalue weighted by Crippen LogP contribution is -2.26. The van der Waals surface area contributed by atoms with Gasteiger partial charge < -0.3 is 0 Å². The summed E-state index contributed by atoms with van der Waals surface area (Å²) < 4.78 is 39.4. The topological polar surface area (TPSA) is 50.3 Å². The Morgan fingerprint density at radius 1 is 1.19 bits per heavy atom. The third kappa shape index (κ3) is 2.82. The maximum atomic E-state index is 12.8. The lowest BCUT2D eigenvalue weighted by molar-refractivity contribution is 0.434. The van der Waals surface area contributed by atoms with Gasteiger partial charge in [-0.15, -0.1) is 0 Å². The summed E-state index contributed by atoms with van der Waals surface area (Å²) in [5.41, 5.74) is 1.36. The number of sulfonamides is 1. The molecular formula is C15H15FN2O2S. The first kappa shape index (κ1) is 14.2. The van der Waals surface area contributed by atoms with Gasteiger partial charge in [0.1, 0.15) is 11.1 Å². The predicted molar refractivity (Wildman–Crippen MR) is 77.3 cm³/mol. The van der Waals surface area contributed by atoms with Gasteiger partial charge in [-0.1, -0.05) is 30.3 Å². The minimum absolute atomic E-state index is 0.186. The van der Waals surface area contributed by atoms with Crippen molar-refractivity contribution < 1.29 is 12.8 Å². The van der Waals surface area contributed by atoms with E-state index in [-0.39, 0.29) is 6.54 Å². The van der Waals surface area contributed by atoms with E-state index in [0.29, 0.717) is 18.7 Å². The molecule has 1 saturated heterocycles. The zero-order valence-electron chi connectivity index (χ0n) is 11.3. The molecule has 0 amide bonds. The molecule has 1 aromatic carbocycles. The molecule has 1 unspecified atom stereocenters. The van der Waals surface area contributed by atoms with Crippen LogP contribution in [0.15, 0.2) is 48.7 Å². The van der Waals surface area contributed by atoms with E-state index in [1.807, 2.05) is 30.3 Å². The average Bonchev–Trinajstić information content (AvgIpc) is 2.77. The van der Waals surface area contributed by atoms with Crippen LogP contribution < -0.4 is 0 Å². The third-order valence-corrected chi connectivity index (χ3v) is 5.92. The fraction of sp³-hybridized carbons (Fsp3) is 0.267. The second-order valence-corrected chi connectivity index (χ2v) is 7.15. The van der Waals surface area contributed by atoms with Crippen LogP contribution in [0.2, 0.25) is 0 Å². The second-order valence-electron chi connectivity index (χ2n) is 5.03. The Morgan fingerprint density at radius 3 is 2.62 bits per heavy atom. The van der Waals surface area contributed by atoms with Crippen molar-refractivity contribution in [2.45, 2.75) is 18.2 Å². The Morgan fingerprint density at radius 2 is 1.95 bits per heavy atom. The zero-order chi connectivity index (χ0) is 14.9. The van der Waals surface area contributed by atoms with E-state index < -0.39 is 21.1 Å².